The molecular formula is C20H21N. The molecule has 0 N–H and O–H groups in total. The summed E-state index contributed by atoms with van der Waals surface area (Å²) in [5, 5.41) is 0. The van der Waals surface area contributed by atoms with E-state index >= 15 is 0 Å². The van der Waals surface area contributed by atoms with Crippen molar-refractivity contribution in [1.82, 2.24) is 0 Å². The van der Waals surface area contributed by atoms with Crippen LogP contribution in [0.4, 0.5) is 11.4 Å². The van der Waals surface area contributed by atoms with Crippen LogP contribution in [0.25, 0.3) is 0 Å². The van der Waals surface area contributed by atoms with Gasteiger partial charge >= 0.3 is 0 Å². The average molecular weight is 275 g/mol. The Morgan fingerprint density at radius 1 is 0.810 bits per heavy atom. The molecule has 1 aliphatic rings. The quantitative estimate of drug-likeness (QED) is 0.695. The van der Waals surface area contributed by atoms with Crippen LogP contribution in [0.5, 0.6) is 0 Å². The highest BCUT2D eigenvalue weighted by molar-refractivity contribution is 5.70. The molecule has 0 spiro atoms. The Labute approximate surface area is 127 Å². The van der Waals surface area contributed by atoms with E-state index in [0.29, 0.717) is 0 Å². The molecule has 1 nitrogen and oxygen atoms in total. The minimum absolute atomic E-state index is 0.253. The van der Waals surface area contributed by atoms with Crippen LogP contribution in [0.1, 0.15) is 20.3 Å². The predicted molar refractivity (Wildman–Crippen MR) is 90.6 cm³/mol. The summed E-state index contributed by atoms with van der Waals surface area (Å²) in [6.45, 7) is 4.54. The van der Waals surface area contributed by atoms with Gasteiger partial charge in [-0.2, -0.15) is 0 Å². The van der Waals surface area contributed by atoms with Gasteiger partial charge in [-0.05, 0) is 42.2 Å². The van der Waals surface area contributed by atoms with Crippen LogP contribution >= 0.6 is 0 Å². The third-order valence-electron chi connectivity index (χ3n) is 3.83. The number of rotatable bonds is 3. The van der Waals surface area contributed by atoms with E-state index in [-0.39, 0.29) is 5.41 Å². The molecule has 2 aromatic rings. The molecule has 0 saturated heterocycles. The van der Waals surface area contributed by atoms with Crippen LogP contribution in [0.3, 0.4) is 0 Å². The van der Waals surface area contributed by atoms with Gasteiger partial charge in [-0.3, -0.25) is 0 Å². The normalized spacial score (nSPS) is 16.4. The largest absolute Gasteiger partial charge is 0.311 e. The summed E-state index contributed by atoms with van der Waals surface area (Å²) in [6.07, 6.45) is 7.94. The van der Waals surface area contributed by atoms with Crippen LogP contribution in [0.2, 0.25) is 0 Å². The van der Waals surface area contributed by atoms with E-state index in [9.17, 15) is 0 Å². The van der Waals surface area contributed by atoms with Crippen molar-refractivity contribution in [2.45, 2.75) is 20.3 Å². The molecule has 2 aromatic carbocycles. The number of hydrogen-bond donors (Lipinski definition) is 0. The van der Waals surface area contributed by atoms with E-state index in [1.165, 1.54) is 17.1 Å². The molecule has 21 heavy (non-hydrogen) atoms. The van der Waals surface area contributed by atoms with Crippen LogP contribution in [-0.4, -0.2) is 0 Å². The third kappa shape index (κ3) is 3.08. The van der Waals surface area contributed by atoms with Crippen molar-refractivity contribution in [1.29, 1.82) is 0 Å². The van der Waals surface area contributed by atoms with Gasteiger partial charge in [-0.25, -0.2) is 0 Å². The molecule has 3 rings (SSSR count). The topological polar surface area (TPSA) is 3.24 Å². The lowest BCUT2D eigenvalue weighted by Crippen LogP contribution is -2.19. The molecule has 0 radical (unpaired) electrons. The monoisotopic (exact) mass is 275 g/mol. The first kappa shape index (κ1) is 13.7. The zero-order chi connectivity index (χ0) is 14.7. The van der Waals surface area contributed by atoms with Gasteiger partial charge in [0.25, 0.3) is 0 Å². The highest BCUT2D eigenvalue weighted by atomic mass is 15.1. The number of para-hydroxylation sites is 2. The minimum atomic E-state index is 0.253. The van der Waals surface area contributed by atoms with Gasteiger partial charge in [-0.1, -0.05) is 62.4 Å². The summed E-state index contributed by atoms with van der Waals surface area (Å²) in [7, 11) is 0. The van der Waals surface area contributed by atoms with Gasteiger partial charge in [0.05, 0.1) is 0 Å². The SMILES string of the molecule is CC1(C)C=CC(N(c2ccccc2)c2ccccc2)=CC1. The smallest absolute Gasteiger partial charge is 0.0461 e. The van der Waals surface area contributed by atoms with Crippen molar-refractivity contribution in [3.8, 4) is 0 Å². The molecule has 0 fully saturated rings. The first-order valence-corrected chi connectivity index (χ1v) is 7.45. The van der Waals surface area contributed by atoms with E-state index in [4.69, 9.17) is 0 Å². The number of nitrogens with zero attached hydrogens (tertiary/aromatic N) is 1. The highest BCUT2D eigenvalue weighted by Gasteiger charge is 2.20. The summed E-state index contributed by atoms with van der Waals surface area (Å²) in [5.74, 6) is 0. The second-order valence-electron chi connectivity index (χ2n) is 6.16. The fourth-order valence-corrected chi connectivity index (χ4v) is 2.58. The number of benzene rings is 2. The molecule has 0 unspecified atom stereocenters. The fourth-order valence-electron chi connectivity index (χ4n) is 2.58. The van der Waals surface area contributed by atoms with Crippen molar-refractivity contribution in [3.63, 3.8) is 0 Å². The van der Waals surface area contributed by atoms with Gasteiger partial charge < -0.3 is 4.90 Å². The van der Waals surface area contributed by atoms with Gasteiger partial charge in [0.1, 0.15) is 0 Å². The van der Waals surface area contributed by atoms with Crippen LogP contribution in [-0.2, 0) is 0 Å². The molecule has 0 aromatic heterocycles. The predicted octanol–water partition coefficient (Wildman–Crippen LogP) is 5.69. The lowest BCUT2D eigenvalue weighted by atomic mass is 9.85. The third-order valence-corrected chi connectivity index (χ3v) is 3.83. The average Bonchev–Trinajstić information content (AvgIpc) is 2.51. The van der Waals surface area contributed by atoms with Gasteiger partial charge in [0, 0.05) is 17.1 Å². The molecule has 106 valence electrons. The lowest BCUT2D eigenvalue weighted by Gasteiger charge is -2.31. The van der Waals surface area contributed by atoms with E-state index in [2.05, 4.69) is 97.6 Å². The first-order chi connectivity index (χ1) is 10.2. The molecule has 0 atom stereocenters. The van der Waals surface area contributed by atoms with E-state index in [1.54, 1.807) is 0 Å². The zero-order valence-electron chi connectivity index (χ0n) is 12.7. The lowest BCUT2D eigenvalue weighted by molar-refractivity contribution is 0.481. The van der Waals surface area contributed by atoms with E-state index in [1.807, 2.05) is 0 Å². The van der Waals surface area contributed by atoms with Crippen molar-refractivity contribution >= 4 is 11.4 Å². The maximum Gasteiger partial charge on any atom is 0.0461 e. The van der Waals surface area contributed by atoms with Gasteiger partial charge in [0.2, 0.25) is 0 Å². The molecule has 0 saturated carbocycles. The van der Waals surface area contributed by atoms with E-state index in [0.717, 1.165) is 6.42 Å². The van der Waals surface area contributed by atoms with Gasteiger partial charge in [-0.15, -0.1) is 0 Å². The van der Waals surface area contributed by atoms with Crippen LogP contribution < -0.4 is 4.90 Å². The fraction of sp³-hybridized carbons (Fsp3) is 0.200. The maximum atomic E-state index is 2.33. The van der Waals surface area contributed by atoms with Crippen molar-refractivity contribution in [3.05, 3.63) is 84.6 Å². The number of anilines is 2. The molecule has 0 aliphatic heterocycles. The summed E-state index contributed by atoms with van der Waals surface area (Å²) < 4.78 is 0. The van der Waals surface area contributed by atoms with Crippen molar-refractivity contribution in [2.24, 2.45) is 5.41 Å². The molecule has 0 heterocycles. The molecule has 1 aliphatic carbocycles. The Kier molecular flexibility index (Phi) is 3.66. The molecule has 1 heteroatoms. The van der Waals surface area contributed by atoms with Gasteiger partial charge in [0.15, 0.2) is 0 Å². The Bertz CT molecular complexity index is 611. The molecule has 0 bridgehead atoms. The summed E-state index contributed by atoms with van der Waals surface area (Å²) in [4.78, 5) is 2.31. The van der Waals surface area contributed by atoms with Crippen molar-refractivity contribution in [2.75, 3.05) is 4.90 Å². The van der Waals surface area contributed by atoms with Crippen LogP contribution in [0.15, 0.2) is 84.6 Å². The zero-order valence-corrected chi connectivity index (χ0v) is 12.7. The Balaban J connectivity index is 2.03. The second-order valence-corrected chi connectivity index (χ2v) is 6.16. The Hall–Kier alpha value is -2.28. The number of hydrogen-bond acceptors (Lipinski definition) is 1. The molecular weight excluding hydrogens is 254 g/mol. The number of allylic oxidation sites excluding steroid dienone is 3. The summed E-state index contributed by atoms with van der Waals surface area (Å²) in [5.41, 5.74) is 3.88. The Morgan fingerprint density at radius 3 is 1.76 bits per heavy atom. The summed E-state index contributed by atoms with van der Waals surface area (Å²) >= 11 is 0. The van der Waals surface area contributed by atoms with Crippen molar-refractivity contribution < 1.29 is 0 Å². The molecule has 0 amide bonds. The summed E-state index contributed by atoms with van der Waals surface area (Å²) in [6, 6.07) is 21.1. The second kappa shape index (κ2) is 5.61. The van der Waals surface area contributed by atoms with E-state index < -0.39 is 0 Å². The van der Waals surface area contributed by atoms with Crippen LogP contribution in [0, 0.1) is 5.41 Å². The standard InChI is InChI=1S/C20H21N/c1-20(2)15-13-19(14-16-20)21(17-9-5-3-6-10-17)18-11-7-4-8-12-18/h3-15H,16H2,1-2H3. The minimum Gasteiger partial charge on any atom is -0.311 e. The maximum absolute atomic E-state index is 2.33. The Morgan fingerprint density at radius 2 is 1.33 bits per heavy atom. The first-order valence-electron chi connectivity index (χ1n) is 7.45. The highest BCUT2D eigenvalue weighted by Crippen LogP contribution is 2.35.